The lowest BCUT2D eigenvalue weighted by molar-refractivity contribution is -0.166. The Bertz CT molecular complexity index is 1960. The van der Waals surface area contributed by atoms with Crippen LogP contribution in [0.25, 0.3) is 0 Å². The summed E-state index contributed by atoms with van der Waals surface area (Å²) in [5, 5.41) is 1.53. The largest absolute Gasteiger partial charge is 0.456 e. The average molecular weight is 807 g/mol. The third-order valence-electron chi connectivity index (χ3n) is 9.15. The van der Waals surface area contributed by atoms with Crippen LogP contribution in [0.1, 0.15) is 45.7 Å². The molecule has 8 N–H and O–H groups in total. The van der Waals surface area contributed by atoms with Crippen molar-refractivity contribution >= 4 is 72.8 Å². The Morgan fingerprint density at radius 2 is 1.60 bits per heavy atom. The SMILES string of the molecule is CC1(C)S[C@@H]2[C@H](NC(=O)C(N)c3ccccc3)C(=O)N2[C@H]1C(=O)OCC(=O)[C@@H]1N2C(=O)C[C@H]2S(=O)(=O)C1(C)C.O.O.O=S(=O)(O)c1ccc(Cl)cc1. The summed E-state index contributed by atoms with van der Waals surface area (Å²) in [7, 11) is -7.85. The summed E-state index contributed by atoms with van der Waals surface area (Å²) >= 11 is 6.80. The Morgan fingerprint density at radius 3 is 2.13 bits per heavy atom. The van der Waals surface area contributed by atoms with Crippen LogP contribution >= 0.6 is 23.4 Å². The number of Topliss-reactive ketones (excluding diaryl/α,β-unsaturated/α-hetero) is 1. The van der Waals surface area contributed by atoms with Gasteiger partial charge in [0.15, 0.2) is 22.2 Å². The number of hydrogen-bond acceptors (Lipinski definition) is 12. The molecule has 4 saturated heterocycles. The molecule has 21 heteroatoms. The van der Waals surface area contributed by atoms with E-state index in [4.69, 9.17) is 26.6 Å². The summed E-state index contributed by atoms with van der Waals surface area (Å²) < 4.78 is 58.0. The first-order valence-corrected chi connectivity index (χ1v) is 19.4. The molecule has 4 aliphatic heterocycles. The third-order valence-corrected chi connectivity index (χ3v) is 14.6. The number of carbonyl (C=O) groups excluding carboxylic acids is 5. The van der Waals surface area contributed by atoms with E-state index in [0.717, 1.165) is 4.90 Å². The molecule has 4 aliphatic rings. The van der Waals surface area contributed by atoms with E-state index in [1.807, 2.05) is 0 Å². The molecule has 2 aromatic carbocycles. The first kappa shape index (κ1) is 42.8. The standard InChI is InChI=1S/C25H30N4O8S2.C6H5ClO3S.2H2O/c1-24(2)19(23(34)37-11-13(30)18-25(3,4)39(35,36)15-10-14(31)28(15)18)29-21(33)17(22(29)38-24)27-20(32)16(26)12-8-6-5-7-9-12;7-5-1-3-6(4-2-5)11(8,9)10;;/h5-9,15-19,22H,10-11,26H2,1-4H3,(H,27,32);1-4H,(H,8,9,10);2*1H2/t15-,16?,17-,18+,19+,22-;;;/m1.../s1. The molecule has 4 fully saturated rings. The van der Waals surface area contributed by atoms with Gasteiger partial charge in [-0.25, -0.2) is 13.2 Å². The fourth-order valence-corrected chi connectivity index (χ4v) is 10.8. The number of nitrogens with one attached hydrogen (secondary N) is 1. The molecule has 52 heavy (non-hydrogen) atoms. The first-order valence-electron chi connectivity index (χ1n) is 15.2. The van der Waals surface area contributed by atoms with Crippen molar-refractivity contribution in [1.29, 1.82) is 0 Å². The molecule has 1 unspecified atom stereocenters. The van der Waals surface area contributed by atoms with Crippen molar-refractivity contribution in [3.8, 4) is 0 Å². The second kappa shape index (κ2) is 15.0. The molecule has 0 spiro atoms. The number of β-lactam (4-membered cyclic amide) rings is 2. The van der Waals surface area contributed by atoms with Gasteiger partial charge in [0.2, 0.25) is 17.7 Å². The first-order chi connectivity index (χ1) is 23.1. The van der Waals surface area contributed by atoms with Crippen molar-refractivity contribution in [3.05, 3.63) is 65.2 Å². The van der Waals surface area contributed by atoms with Gasteiger partial charge in [-0.3, -0.25) is 23.7 Å². The Balaban J connectivity index is 0.000000483. The van der Waals surface area contributed by atoms with E-state index >= 15 is 0 Å². The number of ketones is 1. The van der Waals surface area contributed by atoms with Gasteiger partial charge in [-0.2, -0.15) is 8.42 Å². The van der Waals surface area contributed by atoms with Crippen LogP contribution in [0.2, 0.25) is 5.02 Å². The summed E-state index contributed by atoms with van der Waals surface area (Å²) in [6.45, 7) is 5.53. The second-order valence-electron chi connectivity index (χ2n) is 13.1. The zero-order valence-corrected chi connectivity index (χ0v) is 31.4. The molecule has 0 bridgehead atoms. The van der Waals surface area contributed by atoms with Gasteiger partial charge >= 0.3 is 5.97 Å². The van der Waals surface area contributed by atoms with Crippen molar-refractivity contribution in [2.75, 3.05) is 6.61 Å². The molecular weight excluding hydrogens is 768 g/mol. The molecule has 4 heterocycles. The molecule has 0 aromatic heterocycles. The normalized spacial score (nSPS) is 26.3. The number of carbonyl (C=O) groups is 5. The molecule has 2 aromatic rings. The van der Waals surface area contributed by atoms with Crippen LogP contribution < -0.4 is 11.1 Å². The molecule has 0 radical (unpaired) electrons. The smallest absolute Gasteiger partial charge is 0.330 e. The van der Waals surface area contributed by atoms with E-state index < -0.39 is 100 Å². The highest BCUT2D eigenvalue weighted by Crippen LogP contribution is 2.51. The molecule has 17 nitrogen and oxygen atoms in total. The number of nitrogens with zero attached hydrogens (tertiary/aromatic N) is 2. The highest BCUT2D eigenvalue weighted by molar-refractivity contribution is 8.01. The van der Waals surface area contributed by atoms with E-state index in [2.05, 4.69) is 5.32 Å². The van der Waals surface area contributed by atoms with Crippen molar-refractivity contribution < 1.29 is 61.1 Å². The highest BCUT2D eigenvalue weighted by atomic mass is 35.5. The number of rotatable bonds is 8. The summed E-state index contributed by atoms with van der Waals surface area (Å²) in [5.74, 6) is -2.98. The van der Waals surface area contributed by atoms with Crippen molar-refractivity contribution in [1.82, 2.24) is 15.1 Å². The fraction of sp³-hybridized carbons (Fsp3) is 0.452. The fourth-order valence-electron chi connectivity index (χ4n) is 6.44. The number of halogens is 1. The van der Waals surface area contributed by atoms with E-state index in [1.165, 1.54) is 54.8 Å². The number of nitrogens with two attached hydrogens (primary N) is 1. The summed E-state index contributed by atoms with van der Waals surface area (Å²) in [4.78, 5) is 66.3. The molecular formula is C31H39ClN4O13S3. The summed E-state index contributed by atoms with van der Waals surface area (Å²) in [5.41, 5.74) is 6.64. The quantitative estimate of drug-likeness (QED) is 0.171. The van der Waals surface area contributed by atoms with Crippen LogP contribution in [0.15, 0.2) is 59.5 Å². The summed E-state index contributed by atoms with van der Waals surface area (Å²) in [6, 6.07) is 9.81. The molecule has 0 saturated carbocycles. The number of sulfone groups is 1. The lowest BCUT2D eigenvalue weighted by Gasteiger charge is -2.44. The van der Waals surface area contributed by atoms with Crippen molar-refractivity contribution in [3.63, 3.8) is 0 Å². The molecule has 286 valence electrons. The minimum Gasteiger partial charge on any atom is -0.456 e. The van der Waals surface area contributed by atoms with E-state index in [1.54, 1.807) is 44.2 Å². The number of ether oxygens (including phenoxy) is 1. The average Bonchev–Trinajstić information content (AvgIpc) is 3.37. The lowest BCUT2D eigenvalue weighted by Crippen LogP contribution is -2.71. The molecule has 6 atom stereocenters. The van der Waals surface area contributed by atoms with Crippen LogP contribution in [0.5, 0.6) is 0 Å². The zero-order valence-electron chi connectivity index (χ0n) is 28.2. The number of hydrogen-bond donors (Lipinski definition) is 3. The number of benzene rings is 2. The van der Waals surface area contributed by atoms with Crippen LogP contribution in [0.3, 0.4) is 0 Å². The maximum Gasteiger partial charge on any atom is 0.330 e. The minimum atomic E-state index is -4.08. The van der Waals surface area contributed by atoms with Gasteiger partial charge in [-0.15, -0.1) is 11.8 Å². The Labute approximate surface area is 308 Å². The van der Waals surface area contributed by atoms with E-state index in [0.29, 0.717) is 10.6 Å². The predicted octanol–water partition coefficient (Wildman–Crippen LogP) is -0.583. The number of thioether (sulfide) groups is 1. The molecule has 0 aliphatic carbocycles. The summed E-state index contributed by atoms with van der Waals surface area (Å²) in [6.07, 6.45) is -0.171. The van der Waals surface area contributed by atoms with Gasteiger partial charge in [0.05, 0.1) is 16.1 Å². The van der Waals surface area contributed by atoms with Gasteiger partial charge in [0.1, 0.15) is 34.9 Å². The van der Waals surface area contributed by atoms with Gasteiger partial charge in [-0.05, 0) is 57.5 Å². The highest BCUT2D eigenvalue weighted by Gasteiger charge is 2.68. The monoisotopic (exact) mass is 806 g/mol. The number of amides is 3. The predicted molar refractivity (Wildman–Crippen MR) is 188 cm³/mol. The Hall–Kier alpha value is -3.63. The maximum absolute atomic E-state index is 13.2. The number of fused-ring (bicyclic) bond motifs is 2. The second-order valence-corrected chi connectivity index (χ2v) is 19.5. The Kier molecular flexibility index (Phi) is 12.4. The van der Waals surface area contributed by atoms with Crippen LogP contribution in [0, 0.1) is 0 Å². The minimum absolute atomic E-state index is 0. The topological polar surface area (TPSA) is 291 Å². The maximum atomic E-state index is 13.2. The van der Waals surface area contributed by atoms with Crippen LogP contribution in [-0.2, 0) is 48.7 Å². The van der Waals surface area contributed by atoms with Gasteiger partial charge in [0.25, 0.3) is 10.1 Å². The number of esters is 1. The van der Waals surface area contributed by atoms with Crippen LogP contribution in [-0.4, -0.2) is 117 Å². The Morgan fingerprint density at radius 1 is 1.02 bits per heavy atom. The van der Waals surface area contributed by atoms with Crippen molar-refractivity contribution in [2.45, 2.75) is 83.4 Å². The van der Waals surface area contributed by atoms with E-state index in [9.17, 15) is 40.8 Å². The molecule has 3 amide bonds. The third kappa shape index (κ3) is 7.43. The van der Waals surface area contributed by atoms with Gasteiger partial charge in [-0.1, -0.05) is 41.9 Å². The van der Waals surface area contributed by atoms with Crippen LogP contribution in [0.4, 0.5) is 0 Å². The molecule has 6 rings (SSSR count). The van der Waals surface area contributed by atoms with Gasteiger partial charge in [0, 0.05) is 9.77 Å². The van der Waals surface area contributed by atoms with Gasteiger partial charge < -0.3 is 36.5 Å². The zero-order chi connectivity index (χ0) is 37.1. The van der Waals surface area contributed by atoms with Crippen molar-refractivity contribution in [2.24, 2.45) is 5.73 Å². The van der Waals surface area contributed by atoms with E-state index in [-0.39, 0.29) is 22.3 Å². The lowest BCUT2D eigenvalue weighted by atomic mass is 9.94.